The van der Waals surface area contributed by atoms with Gasteiger partial charge in [-0.05, 0) is 24.1 Å². The number of pyridine rings is 1. The maximum absolute atomic E-state index is 10.2. The molecule has 1 aromatic heterocycles. The Hall–Kier alpha value is -1.09. The third-order valence-corrected chi connectivity index (χ3v) is 3.34. The highest BCUT2D eigenvalue weighted by molar-refractivity contribution is 6.34. The zero-order valence-electron chi connectivity index (χ0n) is 9.90. The van der Waals surface area contributed by atoms with Crippen molar-refractivity contribution in [1.29, 1.82) is 0 Å². The van der Waals surface area contributed by atoms with E-state index in [2.05, 4.69) is 4.98 Å². The Bertz CT molecular complexity index is 557. The molecule has 0 aliphatic carbocycles. The smallest absolute Gasteiger partial charge is 0.101 e. The summed E-state index contributed by atoms with van der Waals surface area (Å²) in [6, 6.07) is 9.51. The van der Waals surface area contributed by atoms with Crippen LogP contribution in [0.4, 0.5) is 0 Å². The molecule has 2 rings (SSSR count). The van der Waals surface area contributed by atoms with Crippen LogP contribution in [-0.2, 0) is 6.42 Å². The number of aliphatic hydroxyl groups excluding tert-OH is 1. The topological polar surface area (TPSA) is 33.1 Å². The minimum Gasteiger partial charge on any atom is -0.386 e. The van der Waals surface area contributed by atoms with E-state index in [0.717, 1.165) is 11.1 Å². The predicted molar refractivity (Wildman–Crippen MR) is 74.1 cm³/mol. The van der Waals surface area contributed by atoms with Crippen LogP contribution in [0.25, 0.3) is 0 Å². The molecule has 0 bridgehead atoms. The van der Waals surface area contributed by atoms with Crippen LogP contribution in [0.2, 0.25) is 10.0 Å². The van der Waals surface area contributed by atoms with Crippen LogP contribution in [0, 0.1) is 6.92 Å². The number of hydrogen-bond acceptors (Lipinski definition) is 2. The Balaban J connectivity index is 2.22. The van der Waals surface area contributed by atoms with Crippen LogP contribution < -0.4 is 0 Å². The Morgan fingerprint density at radius 2 is 2.00 bits per heavy atom. The second-order valence-electron chi connectivity index (χ2n) is 4.17. The van der Waals surface area contributed by atoms with Crippen molar-refractivity contribution < 1.29 is 5.11 Å². The average molecular weight is 282 g/mol. The van der Waals surface area contributed by atoms with Crippen molar-refractivity contribution >= 4 is 23.2 Å². The van der Waals surface area contributed by atoms with Crippen molar-refractivity contribution in [2.24, 2.45) is 0 Å². The van der Waals surface area contributed by atoms with Crippen molar-refractivity contribution in [2.45, 2.75) is 19.4 Å². The van der Waals surface area contributed by atoms with Crippen LogP contribution in [-0.4, -0.2) is 10.1 Å². The number of hydrogen-bond donors (Lipinski definition) is 1. The largest absolute Gasteiger partial charge is 0.386 e. The second-order valence-corrected chi connectivity index (χ2v) is 5.01. The summed E-state index contributed by atoms with van der Waals surface area (Å²) in [5.41, 5.74) is 2.68. The van der Waals surface area contributed by atoms with Crippen LogP contribution in [0.3, 0.4) is 0 Å². The van der Waals surface area contributed by atoms with Gasteiger partial charge in [0.25, 0.3) is 0 Å². The molecule has 2 nitrogen and oxygen atoms in total. The van der Waals surface area contributed by atoms with Gasteiger partial charge in [0.1, 0.15) is 6.10 Å². The van der Waals surface area contributed by atoms with Crippen molar-refractivity contribution in [2.75, 3.05) is 0 Å². The summed E-state index contributed by atoms with van der Waals surface area (Å²) in [4.78, 5) is 4.09. The monoisotopic (exact) mass is 281 g/mol. The summed E-state index contributed by atoms with van der Waals surface area (Å²) < 4.78 is 0. The molecule has 4 heteroatoms. The van der Waals surface area contributed by atoms with Gasteiger partial charge in [-0.1, -0.05) is 47.5 Å². The van der Waals surface area contributed by atoms with E-state index in [1.54, 1.807) is 6.07 Å². The zero-order valence-corrected chi connectivity index (χ0v) is 11.4. The first-order valence-electron chi connectivity index (χ1n) is 5.61. The van der Waals surface area contributed by atoms with Gasteiger partial charge in [-0.3, -0.25) is 4.98 Å². The lowest BCUT2D eigenvalue weighted by atomic mass is 10.0. The van der Waals surface area contributed by atoms with E-state index < -0.39 is 6.10 Å². The molecule has 0 aliphatic rings. The molecule has 1 heterocycles. The molecule has 1 aromatic carbocycles. The van der Waals surface area contributed by atoms with E-state index in [0.29, 0.717) is 22.2 Å². The highest BCUT2D eigenvalue weighted by Crippen LogP contribution is 2.26. The van der Waals surface area contributed by atoms with E-state index in [1.807, 2.05) is 31.2 Å². The van der Waals surface area contributed by atoms with Crippen molar-refractivity contribution in [3.05, 3.63) is 63.4 Å². The molecule has 1 atom stereocenters. The lowest BCUT2D eigenvalue weighted by Crippen LogP contribution is -2.06. The molecule has 2 aromatic rings. The number of nitrogens with zero attached hydrogens (tertiary/aromatic N) is 1. The maximum Gasteiger partial charge on any atom is 0.101 e. The summed E-state index contributed by atoms with van der Waals surface area (Å²) >= 11 is 11.8. The third kappa shape index (κ3) is 3.02. The average Bonchev–Trinajstić information content (AvgIpc) is 2.32. The van der Waals surface area contributed by atoms with Crippen LogP contribution in [0.1, 0.15) is 22.9 Å². The van der Waals surface area contributed by atoms with Gasteiger partial charge in [-0.25, -0.2) is 0 Å². The van der Waals surface area contributed by atoms with Crippen LogP contribution >= 0.6 is 23.2 Å². The fraction of sp³-hybridized carbons (Fsp3) is 0.214. The molecular formula is C14H13Cl2NO. The molecule has 0 aliphatic heterocycles. The van der Waals surface area contributed by atoms with Crippen molar-refractivity contribution in [3.8, 4) is 0 Å². The molecule has 0 amide bonds. The van der Waals surface area contributed by atoms with E-state index in [1.165, 1.54) is 6.20 Å². The lowest BCUT2D eigenvalue weighted by Gasteiger charge is -2.13. The first-order valence-corrected chi connectivity index (χ1v) is 6.37. The van der Waals surface area contributed by atoms with Gasteiger partial charge in [-0.2, -0.15) is 0 Å². The fourth-order valence-corrected chi connectivity index (χ4v) is 2.32. The minimum atomic E-state index is -0.726. The second kappa shape index (κ2) is 5.70. The Morgan fingerprint density at radius 3 is 2.67 bits per heavy atom. The minimum absolute atomic E-state index is 0.392. The highest BCUT2D eigenvalue weighted by atomic mass is 35.5. The molecule has 0 saturated carbocycles. The predicted octanol–water partition coefficient (Wildman–Crippen LogP) is 3.97. The number of halogens is 2. The van der Waals surface area contributed by atoms with Crippen LogP contribution in [0.15, 0.2) is 36.5 Å². The van der Waals surface area contributed by atoms with Gasteiger partial charge in [0, 0.05) is 12.6 Å². The van der Waals surface area contributed by atoms with Gasteiger partial charge < -0.3 is 5.11 Å². The van der Waals surface area contributed by atoms with Crippen molar-refractivity contribution in [3.63, 3.8) is 0 Å². The summed E-state index contributed by atoms with van der Waals surface area (Å²) in [5.74, 6) is 0. The normalized spacial score (nSPS) is 12.4. The summed E-state index contributed by atoms with van der Waals surface area (Å²) in [5, 5.41) is 11.0. The first kappa shape index (κ1) is 13.3. The maximum atomic E-state index is 10.2. The zero-order chi connectivity index (χ0) is 13.1. The Morgan fingerprint density at radius 1 is 1.28 bits per heavy atom. The lowest BCUT2D eigenvalue weighted by molar-refractivity contribution is 0.173. The van der Waals surface area contributed by atoms with E-state index in [-0.39, 0.29) is 0 Å². The molecule has 0 radical (unpaired) electrons. The van der Waals surface area contributed by atoms with E-state index in [9.17, 15) is 5.11 Å². The molecule has 0 fully saturated rings. The molecular weight excluding hydrogens is 269 g/mol. The molecule has 1 unspecified atom stereocenters. The standard InChI is InChI=1S/C14H13Cl2NO/c1-9-4-2-3-5-10(9)6-13(18)14-12(16)7-11(15)8-17-14/h2-5,7-8,13,18H,6H2,1H3. The van der Waals surface area contributed by atoms with Crippen LogP contribution in [0.5, 0.6) is 0 Å². The van der Waals surface area contributed by atoms with Gasteiger partial charge in [0.15, 0.2) is 0 Å². The number of benzene rings is 1. The quantitative estimate of drug-likeness (QED) is 0.923. The van der Waals surface area contributed by atoms with E-state index >= 15 is 0 Å². The number of rotatable bonds is 3. The summed E-state index contributed by atoms with van der Waals surface area (Å²) in [6.07, 6.45) is 1.25. The van der Waals surface area contributed by atoms with E-state index in [4.69, 9.17) is 23.2 Å². The summed E-state index contributed by atoms with van der Waals surface area (Å²) in [6.45, 7) is 2.01. The molecule has 0 spiro atoms. The molecule has 94 valence electrons. The van der Waals surface area contributed by atoms with Gasteiger partial charge in [0.2, 0.25) is 0 Å². The number of aliphatic hydroxyl groups is 1. The Labute approximate surface area is 116 Å². The summed E-state index contributed by atoms with van der Waals surface area (Å²) in [7, 11) is 0. The number of aryl methyl sites for hydroxylation is 1. The molecule has 18 heavy (non-hydrogen) atoms. The van der Waals surface area contributed by atoms with Gasteiger partial charge in [0.05, 0.1) is 15.7 Å². The van der Waals surface area contributed by atoms with Crippen molar-refractivity contribution in [1.82, 2.24) is 4.98 Å². The molecule has 0 saturated heterocycles. The van der Waals surface area contributed by atoms with Gasteiger partial charge >= 0.3 is 0 Å². The fourth-order valence-electron chi connectivity index (χ4n) is 1.81. The molecule has 1 N–H and O–H groups in total. The highest BCUT2D eigenvalue weighted by Gasteiger charge is 2.15. The SMILES string of the molecule is Cc1ccccc1CC(O)c1ncc(Cl)cc1Cl. The third-order valence-electron chi connectivity index (χ3n) is 2.83. The first-order chi connectivity index (χ1) is 8.58. The number of aromatic nitrogens is 1. The van der Waals surface area contributed by atoms with Gasteiger partial charge in [-0.15, -0.1) is 0 Å². The Kier molecular flexibility index (Phi) is 4.23.